The number of anilines is 1. The van der Waals surface area contributed by atoms with Crippen LogP contribution >= 0.6 is 11.8 Å². The van der Waals surface area contributed by atoms with E-state index in [9.17, 15) is 9.90 Å². The monoisotopic (exact) mass is 380 g/mol. The third kappa shape index (κ3) is 3.79. The van der Waals surface area contributed by atoms with Crippen LogP contribution in [0.5, 0.6) is 5.75 Å². The summed E-state index contributed by atoms with van der Waals surface area (Å²) in [6.45, 7) is 5.93. The van der Waals surface area contributed by atoms with Crippen molar-refractivity contribution in [1.82, 2.24) is 9.88 Å². The van der Waals surface area contributed by atoms with E-state index in [4.69, 9.17) is 9.84 Å². The molecular weight excluding hydrogens is 356 g/mol. The minimum Gasteiger partial charge on any atom is -0.506 e. The molecule has 1 unspecified atom stereocenters. The van der Waals surface area contributed by atoms with Crippen LogP contribution in [-0.4, -0.2) is 88.8 Å². The number of aliphatic imine (C=N–C) groups is 1. The van der Waals surface area contributed by atoms with Gasteiger partial charge in [0.2, 0.25) is 0 Å². The molecule has 142 valence electrons. The van der Waals surface area contributed by atoms with Gasteiger partial charge in [0.15, 0.2) is 5.54 Å². The second-order valence-corrected chi connectivity index (χ2v) is 7.55. The van der Waals surface area contributed by atoms with E-state index >= 15 is 0 Å². The normalized spacial score (nSPS) is 23.8. The lowest BCUT2D eigenvalue weighted by atomic mass is 10.1. The fourth-order valence-electron chi connectivity index (χ4n) is 3.09. The molecule has 8 nitrogen and oxygen atoms in total. The van der Waals surface area contributed by atoms with Gasteiger partial charge in [0.05, 0.1) is 25.6 Å². The molecule has 0 aliphatic carbocycles. The average molecular weight is 380 g/mol. The number of aliphatic hydroxyl groups excluding tert-OH is 1. The van der Waals surface area contributed by atoms with Crippen molar-refractivity contribution in [3.63, 3.8) is 0 Å². The first kappa shape index (κ1) is 18.9. The number of carbonyl (C=O) groups is 1. The van der Waals surface area contributed by atoms with Gasteiger partial charge in [-0.15, -0.1) is 11.8 Å². The summed E-state index contributed by atoms with van der Waals surface area (Å²) in [5.74, 6) is 0.127. The molecule has 0 spiro atoms. The Morgan fingerprint density at radius 1 is 1.38 bits per heavy atom. The number of hydrogen-bond donors (Lipinski definition) is 2. The predicted octanol–water partition coefficient (Wildman–Crippen LogP) is 0.327. The number of β-amino-alcohol motifs (C(OH)–C–C–N with tert-alkyl or cyclic N) is 1. The van der Waals surface area contributed by atoms with E-state index in [0.29, 0.717) is 23.0 Å². The van der Waals surface area contributed by atoms with Crippen molar-refractivity contribution in [2.75, 3.05) is 57.1 Å². The summed E-state index contributed by atoms with van der Waals surface area (Å²) in [7, 11) is 1.34. The third-order valence-electron chi connectivity index (χ3n) is 4.67. The van der Waals surface area contributed by atoms with Gasteiger partial charge in [0.25, 0.3) is 0 Å². The van der Waals surface area contributed by atoms with Gasteiger partial charge in [-0.05, 0) is 6.92 Å². The molecule has 1 aromatic heterocycles. The quantitative estimate of drug-likeness (QED) is 0.705. The molecule has 1 saturated heterocycles. The molecule has 0 bridgehead atoms. The molecule has 0 aromatic carbocycles. The molecule has 1 fully saturated rings. The fourth-order valence-corrected chi connectivity index (χ4v) is 4.25. The Morgan fingerprint density at radius 2 is 2.12 bits per heavy atom. The maximum absolute atomic E-state index is 11.9. The lowest BCUT2D eigenvalue weighted by Gasteiger charge is -2.35. The molecule has 0 radical (unpaired) electrons. The van der Waals surface area contributed by atoms with E-state index < -0.39 is 11.5 Å². The number of pyridine rings is 1. The lowest BCUT2D eigenvalue weighted by Crippen LogP contribution is -2.47. The smallest absolute Gasteiger partial charge is 0.334 e. The maximum atomic E-state index is 11.9. The Labute approximate surface area is 156 Å². The molecule has 3 heterocycles. The predicted molar refractivity (Wildman–Crippen MR) is 101 cm³/mol. The first-order valence-corrected chi connectivity index (χ1v) is 9.54. The highest BCUT2D eigenvalue weighted by molar-refractivity contribution is 8.14. The van der Waals surface area contributed by atoms with Crippen molar-refractivity contribution in [3.8, 4) is 5.75 Å². The molecule has 2 aliphatic heterocycles. The number of hydrogen-bond acceptors (Lipinski definition) is 9. The number of thioether (sulfide) groups is 1. The highest BCUT2D eigenvalue weighted by atomic mass is 32.2. The summed E-state index contributed by atoms with van der Waals surface area (Å²) in [6.07, 6.45) is 1.73. The van der Waals surface area contributed by atoms with Gasteiger partial charge in [-0.3, -0.25) is 9.89 Å². The largest absolute Gasteiger partial charge is 0.506 e. The van der Waals surface area contributed by atoms with Crippen molar-refractivity contribution in [1.29, 1.82) is 0 Å². The topological polar surface area (TPSA) is 98.5 Å². The summed E-state index contributed by atoms with van der Waals surface area (Å²) in [4.78, 5) is 25.1. The highest BCUT2D eigenvalue weighted by Crippen LogP contribution is 2.35. The van der Waals surface area contributed by atoms with Crippen LogP contribution in [0.15, 0.2) is 17.3 Å². The molecule has 0 amide bonds. The standard InChI is InChI=1S/C17H24N4O4S/c1-17(16(24)25-2)11-26-15(19-17)14-13(23)9-12(10-18-14)21-5-3-20(4-6-21)7-8-22/h9-10,22-23H,3-8,11H2,1-2H3. The number of aromatic nitrogens is 1. The van der Waals surface area contributed by atoms with Gasteiger partial charge in [-0.1, -0.05) is 0 Å². The van der Waals surface area contributed by atoms with Crippen molar-refractivity contribution in [2.45, 2.75) is 12.5 Å². The van der Waals surface area contributed by atoms with Crippen molar-refractivity contribution < 1.29 is 19.7 Å². The van der Waals surface area contributed by atoms with E-state index in [0.717, 1.165) is 31.9 Å². The van der Waals surface area contributed by atoms with E-state index in [2.05, 4.69) is 19.8 Å². The van der Waals surface area contributed by atoms with Crippen LogP contribution < -0.4 is 4.90 Å². The number of piperazine rings is 1. The Balaban J connectivity index is 1.73. The number of ether oxygens (including phenoxy) is 1. The van der Waals surface area contributed by atoms with Gasteiger partial charge < -0.3 is 19.8 Å². The molecule has 26 heavy (non-hydrogen) atoms. The summed E-state index contributed by atoms with van der Waals surface area (Å²) in [5, 5.41) is 20.0. The molecule has 3 rings (SSSR count). The molecule has 0 saturated carbocycles. The van der Waals surface area contributed by atoms with Crippen LogP contribution in [0.3, 0.4) is 0 Å². The molecule has 9 heteroatoms. The number of carbonyl (C=O) groups excluding carboxylic acids is 1. The molecule has 1 atom stereocenters. The molecule has 2 N–H and O–H groups in total. The van der Waals surface area contributed by atoms with E-state index in [-0.39, 0.29) is 12.4 Å². The van der Waals surface area contributed by atoms with E-state index in [1.165, 1.54) is 18.9 Å². The molecule has 1 aromatic rings. The molecular formula is C17H24N4O4S. The van der Waals surface area contributed by atoms with E-state index in [1.807, 2.05) is 0 Å². The number of methoxy groups -OCH3 is 1. The maximum Gasteiger partial charge on any atom is 0.334 e. The second-order valence-electron chi connectivity index (χ2n) is 6.58. The van der Waals surface area contributed by atoms with Crippen molar-refractivity contribution >= 4 is 28.5 Å². The number of aliphatic hydroxyl groups is 1. The van der Waals surface area contributed by atoms with Crippen LogP contribution in [0.2, 0.25) is 0 Å². The summed E-state index contributed by atoms with van der Waals surface area (Å²) >= 11 is 1.39. The van der Waals surface area contributed by atoms with Crippen LogP contribution in [0.4, 0.5) is 5.69 Å². The Morgan fingerprint density at radius 3 is 2.73 bits per heavy atom. The zero-order valence-corrected chi connectivity index (χ0v) is 15.8. The number of esters is 1. The van der Waals surface area contributed by atoms with E-state index in [1.54, 1.807) is 19.2 Å². The minimum absolute atomic E-state index is 0.0562. The Bertz CT molecular complexity index is 706. The van der Waals surface area contributed by atoms with Gasteiger partial charge in [-0.2, -0.15) is 0 Å². The summed E-state index contributed by atoms with van der Waals surface area (Å²) in [5.41, 5.74) is 0.310. The number of rotatable bonds is 5. The summed E-state index contributed by atoms with van der Waals surface area (Å²) in [6, 6.07) is 1.70. The van der Waals surface area contributed by atoms with Crippen LogP contribution in [0.25, 0.3) is 0 Å². The van der Waals surface area contributed by atoms with Gasteiger partial charge >= 0.3 is 5.97 Å². The fraction of sp³-hybridized carbons (Fsp3) is 0.588. The Kier molecular flexibility index (Phi) is 5.69. The lowest BCUT2D eigenvalue weighted by molar-refractivity contribution is -0.145. The van der Waals surface area contributed by atoms with Gasteiger partial charge in [0.1, 0.15) is 16.5 Å². The number of aromatic hydroxyl groups is 1. The zero-order chi connectivity index (χ0) is 18.7. The van der Waals surface area contributed by atoms with Crippen LogP contribution in [0, 0.1) is 0 Å². The minimum atomic E-state index is -0.940. The number of nitrogens with zero attached hydrogens (tertiary/aromatic N) is 4. The highest BCUT2D eigenvalue weighted by Gasteiger charge is 2.40. The zero-order valence-electron chi connectivity index (χ0n) is 15.0. The first-order chi connectivity index (χ1) is 12.5. The van der Waals surface area contributed by atoms with Crippen molar-refractivity contribution in [3.05, 3.63) is 18.0 Å². The van der Waals surface area contributed by atoms with Crippen LogP contribution in [-0.2, 0) is 9.53 Å². The van der Waals surface area contributed by atoms with Crippen molar-refractivity contribution in [2.24, 2.45) is 4.99 Å². The Hall–Kier alpha value is -1.84. The summed E-state index contributed by atoms with van der Waals surface area (Å²) < 4.78 is 4.81. The average Bonchev–Trinajstić information content (AvgIpc) is 3.05. The van der Waals surface area contributed by atoms with Crippen LogP contribution in [0.1, 0.15) is 12.6 Å². The third-order valence-corrected chi connectivity index (χ3v) is 5.94. The van der Waals surface area contributed by atoms with Gasteiger partial charge in [0, 0.05) is 44.5 Å². The first-order valence-electron chi connectivity index (χ1n) is 8.55. The van der Waals surface area contributed by atoms with Gasteiger partial charge in [-0.25, -0.2) is 9.78 Å². The second kappa shape index (κ2) is 7.81. The molecule has 2 aliphatic rings. The SMILES string of the molecule is COC(=O)C1(C)CSC(c2ncc(N3CCN(CCO)CC3)cc2O)=N1.